The Morgan fingerprint density at radius 1 is 1.10 bits per heavy atom. The van der Waals surface area contributed by atoms with Crippen LogP contribution < -0.4 is 0 Å². The van der Waals surface area contributed by atoms with E-state index in [1.807, 2.05) is 0 Å². The zero-order valence-corrected chi connectivity index (χ0v) is 15.8. The molecule has 29 heavy (non-hydrogen) atoms. The number of benzene rings is 1. The number of carbonyl (C=O) groups excluding carboxylic acids is 1. The molecular weight excluding hydrogens is 401 g/mol. The molecule has 2 N–H and O–H groups in total. The predicted molar refractivity (Wildman–Crippen MR) is 101 cm³/mol. The van der Waals surface area contributed by atoms with E-state index in [1.54, 1.807) is 0 Å². The lowest BCUT2D eigenvalue weighted by Gasteiger charge is -2.16. The van der Waals surface area contributed by atoms with E-state index in [2.05, 4.69) is 9.38 Å². The Hall–Kier alpha value is -3.53. The quantitative estimate of drug-likeness (QED) is 0.526. The first kappa shape index (κ1) is 18.8. The van der Waals surface area contributed by atoms with Gasteiger partial charge in [0.05, 0.1) is 29.6 Å². The van der Waals surface area contributed by atoms with Gasteiger partial charge in [-0.15, -0.1) is 0 Å². The van der Waals surface area contributed by atoms with E-state index < -0.39 is 33.4 Å². The summed E-state index contributed by atoms with van der Waals surface area (Å²) in [6.45, 7) is -0.0891. The fourth-order valence-corrected chi connectivity index (χ4v) is 3.77. The zero-order valence-electron chi connectivity index (χ0n) is 15.0. The number of fused-ring (bicyclic) bond motifs is 2. The van der Waals surface area contributed by atoms with Crippen LogP contribution in [-0.4, -0.2) is 45.9 Å². The minimum absolute atomic E-state index is 0.0865. The van der Waals surface area contributed by atoms with Crippen molar-refractivity contribution in [2.45, 2.75) is 6.54 Å². The maximum absolute atomic E-state index is 13.2. The van der Waals surface area contributed by atoms with Crippen LogP contribution in [0.5, 0.6) is 11.8 Å². The highest BCUT2D eigenvalue weighted by Crippen LogP contribution is 2.41. The Bertz CT molecular complexity index is 1290. The number of nitrogens with zero attached hydrogens (tertiary/aromatic N) is 3. The Labute approximate surface area is 164 Å². The van der Waals surface area contributed by atoms with Gasteiger partial charge in [-0.3, -0.25) is 14.3 Å². The van der Waals surface area contributed by atoms with Crippen LogP contribution >= 0.6 is 0 Å². The number of aromatic nitrogens is 2. The number of hydrogen-bond donors (Lipinski definition) is 2. The zero-order chi connectivity index (χ0) is 20.9. The molecule has 0 fully saturated rings. The lowest BCUT2D eigenvalue weighted by atomic mass is 9.89. The number of rotatable bonds is 3. The van der Waals surface area contributed by atoms with Crippen molar-refractivity contribution in [2.24, 2.45) is 4.40 Å². The van der Waals surface area contributed by atoms with E-state index in [4.69, 9.17) is 0 Å². The molecule has 2 heterocycles. The van der Waals surface area contributed by atoms with Crippen LogP contribution in [0.4, 0.5) is 4.39 Å². The van der Waals surface area contributed by atoms with Gasteiger partial charge in [0.2, 0.25) is 17.5 Å². The lowest BCUT2D eigenvalue weighted by molar-refractivity contribution is 0.103. The van der Waals surface area contributed by atoms with Crippen molar-refractivity contribution in [1.29, 1.82) is 0 Å². The second-order valence-corrected chi connectivity index (χ2v) is 8.16. The second-order valence-electron chi connectivity index (χ2n) is 6.51. The summed E-state index contributed by atoms with van der Waals surface area (Å²) in [4.78, 5) is 16.9. The Morgan fingerprint density at radius 2 is 1.76 bits per heavy atom. The molecule has 0 saturated carbocycles. The molecule has 148 valence electrons. The number of ketones is 1. The average molecular weight is 415 g/mol. The fourth-order valence-electron chi connectivity index (χ4n) is 3.25. The number of carbonyl (C=O) groups is 1. The maximum Gasteiger partial charge on any atom is 0.250 e. The van der Waals surface area contributed by atoms with E-state index >= 15 is 0 Å². The topological polar surface area (TPSA) is 122 Å². The number of sulfonamides is 1. The first-order valence-electron chi connectivity index (χ1n) is 8.36. The van der Waals surface area contributed by atoms with Crippen LogP contribution in [0.25, 0.3) is 0 Å². The number of hydrogen-bond acceptors (Lipinski definition) is 6. The van der Waals surface area contributed by atoms with Gasteiger partial charge < -0.3 is 10.2 Å². The van der Waals surface area contributed by atoms with Crippen molar-refractivity contribution in [3.63, 3.8) is 0 Å². The molecule has 0 amide bonds. The largest absolute Gasteiger partial charge is 0.494 e. The molecule has 0 saturated heterocycles. The average Bonchev–Trinajstić information content (AvgIpc) is 2.91. The molecule has 10 heteroatoms. The summed E-state index contributed by atoms with van der Waals surface area (Å²) in [6, 6.07) is 8.30. The van der Waals surface area contributed by atoms with Gasteiger partial charge in [0.15, 0.2) is 0 Å². The van der Waals surface area contributed by atoms with Crippen LogP contribution in [0.15, 0.2) is 47.0 Å². The second kappa shape index (κ2) is 6.52. The molecule has 0 bridgehead atoms. The molecule has 3 aromatic rings. The van der Waals surface area contributed by atoms with Gasteiger partial charge in [0, 0.05) is 11.8 Å². The number of pyridine rings is 1. The molecule has 0 unspecified atom stereocenters. The third-order valence-electron chi connectivity index (χ3n) is 4.46. The third kappa shape index (κ3) is 3.17. The minimum Gasteiger partial charge on any atom is -0.494 e. The van der Waals surface area contributed by atoms with Crippen molar-refractivity contribution >= 4 is 21.5 Å². The lowest BCUT2D eigenvalue weighted by Crippen LogP contribution is -2.22. The summed E-state index contributed by atoms with van der Waals surface area (Å²) in [7, 11) is -3.91. The van der Waals surface area contributed by atoms with Crippen molar-refractivity contribution in [3.05, 3.63) is 76.4 Å². The van der Waals surface area contributed by atoms with Crippen LogP contribution in [0.1, 0.15) is 32.7 Å². The molecule has 2 aromatic heterocycles. The van der Waals surface area contributed by atoms with E-state index in [0.29, 0.717) is 5.56 Å². The molecule has 1 aliphatic rings. The van der Waals surface area contributed by atoms with E-state index in [0.717, 1.165) is 10.8 Å². The molecule has 0 spiro atoms. The monoisotopic (exact) mass is 415 g/mol. The first-order valence-corrected chi connectivity index (χ1v) is 10.2. The first-order chi connectivity index (χ1) is 13.7. The SMILES string of the molecule is CS(=O)(=O)N=C1c2cccnc2C(=O)c2c1c(O)n(Cc1ccc(F)cc1)c2O. The van der Waals surface area contributed by atoms with Crippen LogP contribution in [0, 0.1) is 5.82 Å². The summed E-state index contributed by atoms with van der Waals surface area (Å²) in [6.07, 6.45) is 2.23. The molecule has 1 aromatic carbocycles. The predicted octanol–water partition coefficient (Wildman–Crippen LogP) is 1.82. The van der Waals surface area contributed by atoms with Crippen molar-refractivity contribution < 1.29 is 27.8 Å². The van der Waals surface area contributed by atoms with Gasteiger partial charge in [0.1, 0.15) is 11.5 Å². The van der Waals surface area contributed by atoms with Crippen molar-refractivity contribution in [2.75, 3.05) is 6.26 Å². The normalized spacial score (nSPS) is 14.7. The smallest absolute Gasteiger partial charge is 0.250 e. The van der Waals surface area contributed by atoms with Gasteiger partial charge >= 0.3 is 0 Å². The van der Waals surface area contributed by atoms with E-state index in [9.17, 15) is 27.8 Å². The summed E-state index contributed by atoms with van der Waals surface area (Å²) >= 11 is 0. The highest BCUT2D eigenvalue weighted by atomic mass is 32.2. The molecular formula is C19H14FN3O5S. The Kier molecular flexibility index (Phi) is 4.23. The van der Waals surface area contributed by atoms with Gasteiger partial charge in [-0.05, 0) is 29.8 Å². The molecule has 8 nitrogen and oxygen atoms in total. The van der Waals surface area contributed by atoms with E-state index in [-0.39, 0.29) is 34.6 Å². The molecule has 1 aliphatic carbocycles. The van der Waals surface area contributed by atoms with Gasteiger partial charge in [-0.25, -0.2) is 12.8 Å². The Balaban J connectivity index is 1.97. The van der Waals surface area contributed by atoms with Crippen LogP contribution in [0.3, 0.4) is 0 Å². The standard InChI is InChI=1S/C19H14FN3O5S/c1-29(27,28)22-15-12-3-2-8-21-16(12)17(24)14-13(15)18(25)23(19(14)26)9-10-4-6-11(20)7-5-10/h2-8,25-26H,9H2,1H3. The summed E-state index contributed by atoms with van der Waals surface area (Å²) < 4.78 is 41.6. The number of halogens is 1. The van der Waals surface area contributed by atoms with Gasteiger partial charge in [-0.1, -0.05) is 12.1 Å². The summed E-state index contributed by atoms with van der Waals surface area (Å²) in [5, 5.41) is 21.4. The minimum atomic E-state index is -3.91. The Morgan fingerprint density at radius 3 is 2.41 bits per heavy atom. The maximum atomic E-state index is 13.2. The van der Waals surface area contributed by atoms with Crippen molar-refractivity contribution in [1.82, 2.24) is 9.55 Å². The van der Waals surface area contributed by atoms with Crippen molar-refractivity contribution in [3.8, 4) is 11.8 Å². The van der Waals surface area contributed by atoms with E-state index in [1.165, 1.54) is 42.6 Å². The van der Waals surface area contributed by atoms with Crippen LogP contribution in [-0.2, 0) is 16.6 Å². The molecule has 4 rings (SSSR count). The molecule has 0 atom stereocenters. The highest BCUT2D eigenvalue weighted by Gasteiger charge is 2.38. The van der Waals surface area contributed by atoms with Crippen LogP contribution in [0.2, 0.25) is 0 Å². The van der Waals surface area contributed by atoms with Gasteiger partial charge in [-0.2, -0.15) is 4.40 Å². The van der Waals surface area contributed by atoms with Gasteiger partial charge in [0.25, 0.3) is 10.0 Å². The number of aromatic hydroxyl groups is 2. The third-order valence-corrected chi connectivity index (χ3v) is 4.98. The fraction of sp³-hybridized carbons (Fsp3) is 0.105. The summed E-state index contributed by atoms with van der Waals surface area (Å²) in [5.74, 6) is -2.22. The highest BCUT2D eigenvalue weighted by molar-refractivity contribution is 7.89. The molecule has 0 aliphatic heterocycles. The molecule has 0 radical (unpaired) electrons. The summed E-state index contributed by atoms with van der Waals surface area (Å²) in [5.41, 5.74) is -0.0927.